The van der Waals surface area contributed by atoms with E-state index in [2.05, 4.69) is 27.7 Å². The normalized spacial score (nSPS) is 23.0. The zero-order valence-electron chi connectivity index (χ0n) is 12.5. The molecule has 0 spiro atoms. The summed E-state index contributed by atoms with van der Waals surface area (Å²) in [6.07, 6.45) is 3.68. The molecule has 2 atom stereocenters. The van der Waals surface area contributed by atoms with Crippen molar-refractivity contribution in [1.82, 2.24) is 4.90 Å². The van der Waals surface area contributed by atoms with E-state index in [-0.39, 0.29) is 5.91 Å². The third-order valence-electron chi connectivity index (χ3n) is 4.86. The number of fused-ring (bicyclic) bond motifs is 2. The number of benzene rings is 1. The fraction of sp³-hybridized carbons (Fsp3) is 0.389. The van der Waals surface area contributed by atoms with Gasteiger partial charge in [0.05, 0.1) is 5.56 Å². The lowest BCUT2D eigenvalue weighted by Gasteiger charge is -2.28. The third-order valence-corrected chi connectivity index (χ3v) is 5.74. The number of carbonyl (C=O) groups excluding carboxylic acids is 1. The molecule has 22 heavy (non-hydrogen) atoms. The summed E-state index contributed by atoms with van der Waals surface area (Å²) in [6, 6.07) is 12.5. The summed E-state index contributed by atoms with van der Waals surface area (Å²) in [7, 11) is 0. The Morgan fingerprint density at radius 1 is 1.23 bits per heavy atom. The lowest BCUT2D eigenvalue weighted by atomic mass is 10.1. The molecule has 4 heteroatoms. The molecule has 1 saturated heterocycles. The van der Waals surface area contributed by atoms with Gasteiger partial charge in [0.15, 0.2) is 0 Å². The highest BCUT2D eigenvalue weighted by molar-refractivity contribution is 7.09. The number of hydrogen-bond acceptors (Lipinski definition) is 3. The number of likely N-dealkylation sites (tertiary alicyclic amines) is 1. The Morgan fingerprint density at radius 2 is 2.14 bits per heavy atom. The van der Waals surface area contributed by atoms with Crippen LogP contribution >= 0.6 is 11.3 Å². The maximum Gasteiger partial charge on any atom is 0.256 e. The van der Waals surface area contributed by atoms with Crippen LogP contribution in [0, 0.1) is 5.92 Å². The fourth-order valence-electron chi connectivity index (χ4n) is 3.75. The van der Waals surface area contributed by atoms with Crippen LogP contribution < -0.4 is 5.32 Å². The van der Waals surface area contributed by atoms with Gasteiger partial charge in [0, 0.05) is 29.7 Å². The number of hydrogen-bond donors (Lipinski definition) is 1. The Morgan fingerprint density at radius 3 is 2.86 bits per heavy atom. The molecule has 114 valence electrons. The predicted octanol–water partition coefficient (Wildman–Crippen LogP) is 3.98. The molecule has 1 amide bonds. The zero-order valence-corrected chi connectivity index (χ0v) is 13.3. The minimum absolute atomic E-state index is 0.196. The number of carbonyl (C=O) groups is 1. The van der Waals surface area contributed by atoms with Gasteiger partial charge in [0.2, 0.25) is 0 Å². The van der Waals surface area contributed by atoms with Gasteiger partial charge in [-0.3, -0.25) is 4.79 Å². The molecule has 2 aliphatic rings. The second-order valence-corrected chi connectivity index (χ2v) is 7.30. The van der Waals surface area contributed by atoms with Crippen molar-refractivity contribution in [2.45, 2.75) is 31.8 Å². The summed E-state index contributed by atoms with van der Waals surface area (Å²) in [4.78, 5) is 16.3. The quantitative estimate of drug-likeness (QED) is 0.926. The van der Waals surface area contributed by atoms with E-state index in [1.54, 1.807) is 11.3 Å². The molecule has 1 saturated carbocycles. The largest absolute Gasteiger partial charge is 0.380 e. The van der Waals surface area contributed by atoms with E-state index >= 15 is 0 Å². The number of piperidine rings is 1. The van der Waals surface area contributed by atoms with Crippen molar-refractivity contribution in [3.63, 3.8) is 0 Å². The van der Waals surface area contributed by atoms with Crippen LogP contribution in [0.4, 0.5) is 5.69 Å². The maximum absolute atomic E-state index is 12.9. The summed E-state index contributed by atoms with van der Waals surface area (Å²) in [5, 5.41) is 5.51. The lowest BCUT2D eigenvalue weighted by Crippen LogP contribution is -2.37. The van der Waals surface area contributed by atoms with Crippen LogP contribution in [0.15, 0.2) is 41.8 Å². The van der Waals surface area contributed by atoms with Gasteiger partial charge in [-0.05, 0) is 48.8 Å². The summed E-state index contributed by atoms with van der Waals surface area (Å²) >= 11 is 1.73. The molecule has 3 nitrogen and oxygen atoms in total. The second kappa shape index (κ2) is 5.76. The minimum atomic E-state index is 0.196. The molecule has 1 aliphatic heterocycles. The Bertz CT molecular complexity index is 667. The van der Waals surface area contributed by atoms with Crippen LogP contribution in [0.2, 0.25) is 0 Å². The highest BCUT2D eigenvalue weighted by Gasteiger charge is 2.40. The van der Waals surface area contributed by atoms with Gasteiger partial charge in [0.1, 0.15) is 0 Å². The van der Waals surface area contributed by atoms with Gasteiger partial charge in [-0.1, -0.05) is 18.2 Å². The third kappa shape index (κ3) is 2.52. The number of para-hydroxylation sites is 1. The number of thiophene rings is 1. The van der Waals surface area contributed by atoms with Crippen molar-refractivity contribution >= 4 is 22.9 Å². The van der Waals surface area contributed by atoms with Gasteiger partial charge in [-0.25, -0.2) is 0 Å². The zero-order chi connectivity index (χ0) is 14.9. The van der Waals surface area contributed by atoms with Crippen LogP contribution in [0.5, 0.6) is 0 Å². The molecule has 1 aliphatic carbocycles. The van der Waals surface area contributed by atoms with Crippen LogP contribution in [-0.2, 0) is 6.54 Å². The van der Waals surface area contributed by atoms with E-state index in [4.69, 9.17) is 0 Å². The van der Waals surface area contributed by atoms with Crippen LogP contribution in [0.3, 0.4) is 0 Å². The molecule has 2 aromatic rings. The lowest BCUT2D eigenvalue weighted by molar-refractivity contribution is 0.0704. The second-order valence-electron chi connectivity index (χ2n) is 6.27. The van der Waals surface area contributed by atoms with Crippen molar-refractivity contribution in [3.8, 4) is 0 Å². The predicted molar refractivity (Wildman–Crippen MR) is 90.3 cm³/mol. The molecule has 2 heterocycles. The van der Waals surface area contributed by atoms with Crippen molar-refractivity contribution in [1.29, 1.82) is 0 Å². The van der Waals surface area contributed by atoms with Crippen LogP contribution in [-0.4, -0.2) is 23.4 Å². The molecule has 0 radical (unpaired) electrons. The average molecular weight is 312 g/mol. The van der Waals surface area contributed by atoms with Gasteiger partial charge in [-0.2, -0.15) is 0 Å². The van der Waals surface area contributed by atoms with Crippen LogP contribution in [0.25, 0.3) is 0 Å². The minimum Gasteiger partial charge on any atom is -0.380 e. The van der Waals surface area contributed by atoms with E-state index < -0.39 is 0 Å². The number of nitrogens with one attached hydrogen (secondary N) is 1. The van der Waals surface area contributed by atoms with E-state index in [0.29, 0.717) is 6.04 Å². The molecule has 1 N–H and O–H groups in total. The summed E-state index contributed by atoms with van der Waals surface area (Å²) in [5.41, 5.74) is 1.76. The first-order valence-electron chi connectivity index (χ1n) is 7.97. The molecule has 2 fully saturated rings. The topological polar surface area (TPSA) is 32.3 Å². The van der Waals surface area contributed by atoms with Crippen molar-refractivity contribution in [3.05, 3.63) is 52.2 Å². The molecule has 1 aromatic heterocycles. The molecule has 1 aromatic carbocycles. The smallest absolute Gasteiger partial charge is 0.256 e. The Hall–Kier alpha value is -1.81. The van der Waals surface area contributed by atoms with Gasteiger partial charge < -0.3 is 10.2 Å². The molecule has 0 unspecified atom stereocenters. The first kappa shape index (κ1) is 13.8. The molecule has 2 bridgehead atoms. The van der Waals surface area contributed by atoms with Gasteiger partial charge >= 0.3 is 0 Å². The van der Waals surface area contributed by atoms with Gasteiger partial charge in [0.25, 0.3) is 5.91 Å². The van der Waals surface area contributed by atoms with Crippen molar-refractivity contribution < 1.29 is 4.79 Å². The number of rotatable bonds is 4. The monoisotopic (exact) mass is 312 g/mol. The molecule has 4 rings (SSSR count). The van der Waals surface area contributed by atoms with Gasteiger partial charge in [-0.15, -0.1) is 11.3 Å². The number of amides is 1. The van der Waals surface area contributed by atoms with Crippen molar-refractivity contribution in [2.75, 3.05) is 11.9 Å². The highest BCUT2D eigenvalue weighted by Crippen LogP contribution is 2.38. The number of nitrogens with zero attached hydrogens (tertiary/aromatic N) is 1. The number of anilines is 1. The van der Waals surface area contributed by atoms with E-state index in [9.17, 15) is 4.79 Å². The summed E-state index contributed by atoms with van der Waals surface area (Å²) < 4.78 is 0. The Kier molecular flexibility index (Phi) is 3.62. The first-order chi connectivity index (χ1) is 10.8. The maximum atomic E-state index is 12.9. The van der Waals surface area contributed by atoms with E-state index in [0.717, 1.165) is 30.3 Å². The standard InChI is InChI=1S/C18H20N2OS/c21-18(20-12-13-7-8-14(20)10-13)16-5-1-2-6-17(16)19-11-15-4-3-9-22-15/h1-6,9,13-14,19H,7-8,10-12H2/t13-,14-/m0/s1. The first-order valence-corrected chi connectivity index (χ1v) is 8.85. The Balaban J connectivity index is 1.52. The van der Waals surface area contributed by atoms with Crippen LogP contribution in [0.1, 0.15) is 34.5 Å². The van der Waals surface area contributed by atoms with Crippen molar-refractivity contribution in [2.24, 2.45) is 5.92 Å². The highest BCUT2D eigenvalue weighted by atomic mass is 32.1. The average Bonchev–Trinajstić information content (AvgIpc) is 3.29. The fourth-order valence-corrected chi connectivity index (χ4v) is 4.39. The summed E-state index contributed by atoms with van der Waals surface area (Å²) in [5.74, 6) is 0.932. The molecular weight excluding hydrogens is 292 g/mol. The Labute approximate surface area is 135 Å². The summed E-state index contributed by atoms with van der Waals surface area (Å²) in [6.45, 7) is 1.72. The van der Waals surface area contributed by atoms with E-state index in [1.165, 1.54) is 24.1 Å². The SMILES string of the molecule is O=C(c1ccccc1NCc1cccs1)N1C[C@H]2CC[C@H]1C2. The molecular formula is C18H20N2OS. The van der Waals surface area contributed by atoms with E-state index in [1.807, 2.05) is 24.3 Å².